The van der Waals surface area contributed by atoms with Crippen molar-refractivity contribution in [3.8, 4) is 0 Å². The van der Waals surface area contributed by atoms with Crippen LogP contribution < -0.4 is 10.6 Å². The van der Waals surface area contributed by atoms with Gasteiger partial charge in [0.15, 0.2) is 0 Å². The topological polar surface area (TPSA) is 81.8 Å². The summed E-state index contributed by atoms with van der Waals surface area (Å²) in [7, 11) is 0. The smallest absolute Gasteiger partial charge is 0.317 e. The summed E-state index contributed by atoms with van der Waals surface area (Å²) in [5, 5.41) is 5.72. The van der Waals surface area contributed by atoms with Gasteiger partial charge in [-0.1, -0.05) is 50.6 Å². The normalized spacial score (nSPS) is 23.9. The van der Waals surface area contributed by atoms with E-state index in [-0.39, 0.29) is 30.3 Å². The molecule has 3 atom stereocenters. The van der Waals surface area contributed by atoms with Crippen molar-refractivity contribution in [2.75, 3.05) is 19.6 Å². The fourth-order valence-corrected chi connectivity index (χ4v) is 3.45. The summed E-state index contributed by atoms with van der Waals surface area (Å²) in [6, 6.07) is 8.40. The van der Waals surface area contributed by atoms with Crippen LogP contribution in [0.15, 0.2) is 30.3 Å². The van der Waals surface area contributed by atoms with E-state index >= 15 is 0 Å². The molecule has 2 aliphatic rings. The van der Waals surface area contributed by atoms with E-state index in [1.54, 1.807) is 9.80 Å². The first-order chi connectivity index (χ1) is 12.5. The Balaban J connectivity index is 1.60. The standard InChI is InChI=1S/C19H26N4O3/c1-3-13(2)16-18(25)23-10-9-22(12-15(23)17(24)21-16)19(26)20-11-14-7-5-4-6-8-14/h4-8,13,15-16H,3,9-12H2,1-2H3,(H,20,26)(H,21,24)/t13-,15+,16-/m0/s1. The van der Waals surface area contributed by atoms with Gasteiger partial charge in [-0.05, 0) is 11.5 Å². The fraction of sp³-hybridized carbons (Fsp3) is 0.526. The van der Waals surface area contributed by atoms with Crippen LogP contribution in [-0.2, 0) is 16.1 Å². The fourth-order valence-electron chi connectivity index (χ4n) is 3.45. The Kier molecular flexibility index (Phi) is 5.44. The Hall–Kier alpha value is -2.57. The molecule has 7 nitrogen and oxygen atoms in total. The predicted octanol–water partition coefficient (Wildman–Crippen LogP) is 0.953. The first-order valence-corrected chi connectivity index (χ1v) is 9.18. The number of amides is 4. The van der Waals surface area contributed by atoms with E-state index in [0.717, 1.165) is 12.0 Å². The van der Waals surface area contributed by atoms with Gasteiger partial charge in [0, 0.05) is 19.6 Å². The number of hydrogen-bond donors (Lipinski definition) is 2. The van der Waals surface area contributed by atoms with Crippen molar-refractivity contribution in [1.29, 1.82) is 0 Å². The predicted molar refractivity (Wildman–Crippen MR) is 97.1 cm³/mol. The molecule has 140 valence electrons. The number of benzene rings is 1. The average Bonchev–Trinajstić information content (AvgIpc) is 2.68. The van der Waals surface area contributed by atoms with E-state index in [2.05, 4.69) is 10.6 Å². The van der Waals surface area contributed by atoms with E-state index in [0.29, 0.717) is 19.6 Å². The lowest BCUT2D eigenvalue weighted by molar-refractivity contribution is -0.153. The van der Waals surface area contributed by atoms with Gasteiger partial charge in [0.2, 0.25) is 11.8 Å². The Morgan fingerprint density at radius 2 is 2.00 bits per heavy atom. The van der Waals surface area contributed by atoms with Gasteiger partial charge in [0.1, 0.15) is 12.1 Å². The maximum absolute atomic E-state index is 12.7. The Morgan fingerprint density at radius 1 is 1.27 bits per heavy atom. The second kappa shape index (κ2) is 7.76. The van der Waals surface area contributed by atoms with E-state index in [1.165, 1.54) is 0 Å². The zero-order chi connectivity index (χ0) is 18.7. The molecule has 2 heterocycles. The summed E-state index contributed by atoms with van der Waals surface area (Å²) in [6.45, 7) is 5.46. The third kappa shape index (κ3) is 3.66. The van der Waals surface area contributed by atoms with Gasteiger partial charge in [0.25, 0.3) is 0 Å². The zero-order valence-corrected chi connectivity index (χ0v) is 15.3. The number of rotatable bonds is 4. The highest BCUT2D eigenvalue weighted by Crippen LogP contribution is 2.21. The van der Waals surface area contributed by atoms with Crippen molar-refractivity contribution >= 4 is 17.8 Å². The lowest BCUT2D eigenvalue weighted by Crippen LogP contribution is -2.71. The highest BCUT2D eigenvalue weighted by atomic mass is 16.2. The third-order valence-electron chi connectivity index (χ3n) is 5.32. The van der Waals surface area contributed by atoms with Crippen LogP contribution in [0.4, 0.5) is 4.79 Å². The molecule has 26 heavy (non-hydrogen) atoms. The molecular formula is C19H26N4O3. The highest BCUT2D eigenvalue weighted by Gasteiger charge is 2.45. The van der Waals surface area contributed by atoms with E-state index in [1.807, 2.05) is 44.2 Å². The largest absolute Gasteiger partial charge is 0.342 e. The molecule has 3 rings (SSSR count). The maximum atomic E-state index is 12.7. The van der Waals surface area contributed by atoms with Crippen LogP contribution >= 0.6 is 0 Å². The molecule has 0 radical (unpaired) electrons. The molecule has 0 spiro atoms. The number of nitrogens with zero attached hydrogens (tertiary/aromatic N) is 2. The second-order valence-corrected chi connectivity index (χ2v) is 7.01. The Bertz CT molecular complexity index is 679. The summed E-state index contributed by atoms with van der Waals surface area (Å²) in [6.07, 6.45) is 0.823. The maximum Gasteiger partial charge on any atom is 0.317 e. The minimum absolute atomic E-state index is 0.0340. The van der Waals surface area contributed by atoms with Crippen molar-refractivity contribution in [2.45, 2.75) is 38.9 Å². The number of urea groups is 1. The first-order valence-electron chi connectivity index (χ1n) is 9.18. The molecule has 1 aromatic carbocycles. The molecule has 1 aromatic rings. The van der Waals surface area contributed by atoms with Gasteiger partial charge in [0.05, 0.1) is 6.54 Å². The highest BCUT2D eigenvalue weighted by molar-refractivity contribution is 5.97. The Labute approximate surface area is 153 Å². The minimum atomic E-state index is -0.598. The monoisotopic (exact) mass is 358 g/mol. The molecule has 2 fully saturated rings. The van der Waals surface area contributed by atoms with Crippen molar-refractivity contribution in [1.82, 2.24) is 20.4 Å². The van der Waals surface area contributed by atoms with Crippen LogP contribution in [0.1, 0.15) is 25.8 Å². The van der Waals surface area contributed by atoms with Gasteiger partial charge in [-0.2, -0.15) is 0 Å². The zero-order valence-electron chi connectivity index (χ0n) is 15.3. The van der Waals surface area contributed by atoms with E-state index in [9.17, 15) is 14.4 Å². The summed E-state index contributed by atoms with van der Waals surface area (Å²) in [4.78, 5) is 40.9. The van der Waals surface area contributed by atoms with Crippen LogP contribution in [0.25, 0.3) is 0 Å². The van der Waals surface area contributed by atoms with Crippen molar-refractivity contribution in [3.05, 3.63) is 35.9 Å². The Morgan fingerprint density at radius 3 is 2.69 bits per heavy atom. The van der Waals surface area contributed by atoms with Gasteiger partial charge in [-0.15, -0.1) is 0 Å². The molecule has 7 heteroatoms. The third-order valence-corrected chi connectivity index (χ3v) is 5.32. The average molecular weight is 358 g/mol. The molecule has 0 unspecified atom stereocenters. The van der Waals surface area contributed by atoms with E-state index < -0.39 is 12.1 Å². The van der Waals surface area contributed by atoms with Crippen molar-refractivity contribution in [3.63, 3.8) is 0 Å². The summed E-state index contributed by atoms with van der Waals surface area (Å²) in [5.41, 5.74) is 1.02. The second-order valence-electron chi connectivity index (χ2n) is 7.01. The number of hydrogen-bond acceptors (Lipinski definition) is 3. The molecule has 0 aromatic heterocycles. The minimum Gasteiger partial charge on any atom is -0.342 e. The SMILES string of the molecule is CC[C@H](C)[C@@H]1NC(=O)[C@H]2CN(C(=O)NCc3ccccc3)CCN2C1=O. The molecule has 2 aliphatic heterocycles. The molecule has 4 amide bonds. The lowest BCUT2D eigenvalue weighted by atomic mass is 9.93. The molecule has 0 aliphatic carbocycles. The quantitative estimate of drug-likeness (QED) is 0.841. The van der Waals surface area contributed by atoms with E-state index in [4.69, 9.17) is 0 Å². The van der Waals surface area contributed by atoms with Crippen LogP contribution in [0.5, 0.6) is 0 Å². The molecule has 2 N–H and O–H groups in total. The van der Waals surface area contributed by atoms with Crippen LogP contribution in [0, 0.1) is 5.92 Å². The molecular weight excluding hydrogens is 332 g/mol. The number of carbonyl (C=O) groups excluding carboxylic acids is 3. The number of nitrogens with one attached hydrogen (secondary N) is 2. The van der Waals surface area contributed by atoms with Gasteiger partial charge in [-0.3, -0.25) is 9.59 Å². The van der Waals surface area contributed by atoms with Crippen LogP contribution in [0.2, 0.25) is 0 Å². The van der Waals surface area contributed by atoms with Crippen LogP contribution in [0.3, 0.4) is 0 Å². The summed E-state index contributed by atoms with van der Waals surface area (Å²) < 4.78 is 0. The number of carbonyl (C=O) groups is 3. The van der Waals surface area contributed by atoms with Gasteiger partial charge < -0.3 is 20.4 Å². The van der Waals surface area contributed by atoms with Gasteiger partial charge in [-0.25, -0.2) is 4.79 Å². The number of fused-ring (bicyclic) bond motifs is 1. The molecule has 0 saturated carbocycles. The summed E-state index contributed by atoms with van der Waals surface area (Å²) in [5.74, 6) is -0.108. The first kappa shape index (κ1) is 18.2. The molecule has 2 saturated heterocycles. The lowest BCUT2D eigenvalue weighted by Gasteiger charge is -2.46. The van der Waals surface area contributed by atoms with Crippen molar-refractivity contribution < 1.29 is 14.4 Å². The molecule has 0 bridgehead atoms. The number of piperazine rings is 2. The van der Waals surface area contributed by atoms with Crippen LogP contribution in [-0.4, -0.2) is 59.4 Å². The van der Waals surface area contributed by atoms with Crippen molar-refractivity contribution in [2.24, 2.45) is 5.92 Å². The van der Waals surface area contributed by atoms with Gasteiger partial charge >= 0.3 is 6.03 Å². The summed E-state index contributed by atoms with van der Waals surface area (Å²) >= 11 is 0.